The van der Waals surface area contributed by atoms with E-state index >= 15 is 0 Å². The number of carboxylic acid groups (broad SMARTS) is 1. The summed E-state index contributed by atoms with van der Waals surface area (Å²) in [5.74, 6) is -1.41. The number of rotatable bonds is 8. The van der Waals surface area contributed by atoms with Crippen LogP contribution in [0.2, 0.25) is 0 Å². The molecule has 1 fully saturated rings. The minimum absolute atomic E-state index is 0.0166. The third-order valence-electron chi connectivity index (χ3n) is 6.96. The van der Waals surface area contributed by atoms with Crippen molar-refractivity contribution in [2.24, 2.45) is 5.92 Å². The number of hydrogen-bond donors (Lipinski definition) is 3. The first kappa shape index (κ1) is 23.8. The van der Waals surface area contributed by atoms with Crippen molar-refractivity contribution in [2.75, 3.05) is 6.61 Å². The van der Waals surface area contributed by atoms with Crippen molar-refractivity contribution >= 4 is 18.0 Å². The van der Waals surface area contributed by atoms with Gasteiger partial charge in [0.05, 0.1) is 0 Å². The van der Waals surface area contributed by atoms with E-state index in [9.17, 15) is 19.5 Å². The number of carbonyl (C=O) groups excluding carboxylic acids is 2. The number of carboxylic acids is 1. The summed E-state index contributed by atoms with van der Waals surface area (Å²) in [4.78, 5) is 36.3. The van der Waals surface area contributed by atoms with Gasteiger partial charge in [0.1, 0.15) is 12.6 Å². The summed E-state index contributed by atoms with van der Waals surface area (Å²) in [6.07, 6.45) is 3.20. The second-order valence-electron chi connectivity index (χ2n) is 9.21. The molecule has 0 aromatic heterocycles. The summed E-state index contributed by atoms with van der Waals surface area (Å²) in [7, 11) is 0. The van der Waals surface area contributed by atoms with Crippen LogP contribution in [0.1, 0.15) is 62.5 Å². The van der Waals surface area contributed by atoms with Gasteiger partial charge in [0.25, 0.3) is 0 Å². The van der Waals surface area contributed by atoms with Crippen LogP contribution in [-0.2, 0) is 14.3 Å². The Bertz CT molecular complexity index is 999. The van der Waals surface area contributed by atoms with Crippen molar-refractivity contribution in [1.82, 2.24) is 10.6 Å². The van der Waals surface area contributed by atoms with Gasteiger partial charge in [0.2, 0.25) is 5.91 Å². The fourth-order valence-corrected chi connectivity index (χ4v) is 5.14. The first-order valence-corrected chi connectivity index (χ1v) is 12.1. The highest BCUT2D eigenvalue weighted by atomic mass is 16.5. The van der Waals surface area contributed by atoms with Gasteiger partial charge >= 0.3 is 12.1 Å². The molecule has 180 valence electrons. The average Bonchev–Trinajstić information content (AvgIpc) is 3.16. The molecule has 1 atom stereocenters. The molecule has 2 aromatic rings. The lowest BCUT2D eigenvalue weighted by Crippen LogP contribution is -2.46. The molecule has 0 unspecified atom stereocenters. The largest absolute Gasteiger partial charge is 0.480 e. The van der Waals surface area contributed by atoms with Crippen LogP contribution < -0.4 is 10.6 Å². The summed E-state index contributed by atoms with van der Waals surface area (Å²) in [5.41, 5.74) is 4.72. The average molecular weight is 465 g/mol. The number of fused-ring (bicyclic) bond motifs is 3. The SMILES string of the molecule is CCC[C@H](NC(=O)C1CCC(NC(=O)OCC2c3ccccc3-c3ccccc32)CC1)C(=O)O. The molecule has 7 nitrogen and oxygen atoms in total. The van der Waals surface area contributed by atoms with E-state index in [1.807, 2.05) is 31.2 Å². The van der Waals surface area contributed by atoms with Gasteiger partial charge in [0.15, 0.2) is 0 Å². The van der Waals surface area contributed by atoms with Gasteiger partial charge in [-0.15, -0.1) is 0 Å². The van der Waals surface area contributed by atoms with Crippen LogP contribution in [0.4, 0.5) is 4.79 Å². The predicted octanol–water partition coefficient (Wildman–Crippen LogP) is 4.45. The molecule has 0 aliphatic heterocycles. The smallest absolute Gasteiger partial charge is 0.407 e. The van der Waals surface area contributed by atoms with Crippen LogP contribution in [0.15, 0.2) is 48.5 Å². The number of hydrogen-bond acceptors (Lipinski definition) is 4. The van der Waals surface area contributed by atoms with E-state index in [1.54, 1.807) is 0 Å². The lowest BCUT2D eigenvalue weighted by Gasteiger charge is -2.29. The Morgan fingerprint density at radius 3 is 2.12 bits per heavy atom. The summed E-state index contributed by atoms with van der Waals surface area (Å²) in [6.45, 7) is 2.16. The van der Waals surface area contributed by atoms with Gasteiger partial charge in [0, 0.05) is 17.9 Å². The third-order valence-corrected chi connectivity index (χ3v) is 6.96. The van der Waals surface area contributed by atoms with Gasteiger partial charge in [-0.25, -0.2) is 9.59 Å². The molecule has 34 heavy (non-hydrogen) atoms. The van der Waals surface area contributed by atoms with Gasteiger partial charge in [-0.05, 0) is 54.4 Å². The Morgan fingerprint density at radius 1 is 0.971 bits per heavy atom. The van der Waals surface area contributed by atoms with Gasteiger partial charge in [-0.1, -0.05) is 61.9 Å². The molecule has 2 aromatic carbocycles. The molecule has 0 spiro atoms. The zero-order chi connectivity index (χ0) is 24.1. The van der Waals surface area contributed by atoms with Crippen LogP contribution in [0.3, 0.4) is 0 Å². The molecule has 2 aliphatic rings. The summed E-state index contributed by atoms with van der Waals surface area (Å²) < 4.78 is 5.63. The lowest BCUT2D eigenvalue weighted by atomic mass is 9.85. The van der Waals surface area contributed by atoms with Crippen molar-refractivity contribution < 1.29 is 24.2 Å². The van der Waals surface area contributed by atoms with Crippen molar-refractivity contribution in [1.29, 1.82) is 0 Å². The standard InChI is InChI=1S/C27H32N2O5/c1-2-7-24(26(31)32)29-25(30)17-12-14-18(15-13-17)28-27(33)34-16-23-21-10-5-3-8-19(21)20-9-4-6-11-22(20)23/h3-6,8-11,17-18,23-24H,2,7,12-16H2,1H3,(H,28,33)(H,29,30)(H,31,32)/t17?,18?,24-/m0/s1. The Balaban J connectivity index is 1.25. The molecular weight excluding hydrogens is 432 g/mol. The number of amides is 2. The Kier molecular flexibility index (Phi) is 7.50. The van der Waals surface area contributed by atoms with E-state index in [2.05, 4.69) is 34.9 Å². The summed E-state index contributed by atoms with van der Waals surface area (Å²) in [5, 5.41) is 14.9. The van der Waals surface area contributed by atoms with E-state index < -0.39 is 18.1 Å². The quantitative estimate of drug-likeness (QED) is 0.535. The van der Waals surface area contributed by atoms with Gasteiger partial charge in [-0.3, -0.25) is 4.79 Å². The van der Waals surface area contributed by atoms with Gasteiger partial charge in [-0.2, -0.15) is 0 Å². The minimum Gasteiger partial charge on any atom is -0.480 e. The molecule has 3 N–H and O–H groups in total. The second-order valence-corrected chi connectivity index (χ2v) is 9.21. The third kappa shape index (κ3) is 5.24. The molecule has 2 amide bonds. The van der Waals surface area contributed by atoms with Crippen LogP contribution in [0, 0.1) is 5.92 Å². The van der Waals surface area contributed by atoms with E-state index in [0.29, 0.717) is 38.5 Å². The number of nitrogens with one attached hydrogen (secondary N) is 2. The zero-order valence-electron chi connectivity index (χ0n) is 19.5. The van der Waals surface area contributed by atoms with Crippen molar-refractivity contribution in [3.05, 3.63) is 59.7 Å². The van der Waals surface area contributed by atoms with E-state index in [4.69, 9.17) is 4.74 Å². The van der Waals surface area contributed by atoms with Crippen molar-refractivity contribution in [2.45, 2.75) is 63.5 Å². The first-order chi connectivity index (χ1) is 16.5. The molecular formula is C27H32N2O5. The van der Waals surface area contributed by atoms with Crippen molar-refractivity contribution in [3.8, 4) is 11.1 Å². The maximum absolute atomic E-state index is 12.5. The number of ether oxygens (including phenoxy) is 1. The molecule has 4 rings (SSSR count). The summed E-state index contributed by atoms with van der Waals surface area (Å²) in [6, 6.07) is 15.5. The van der Waals surface area contributed by atoms with Crippen LogP contribution in [0.25, 0.3) is 11.1 Å². The van der Waals surface area contributed by atoms with Gasteiger partial charge < -0.3 is 20.5 Å². The van der Waals surface area contributed by atoms with E-state index in [1.165, 1.54) is 22.3 Å². The Morgan fingerprint density at radius 2 is 1.56 bits per heavy atom. The fourth-order valence-electron chi connectivity index (χ4n) is 5.14. The lowest BCUT2D eigenvalue weighted by molar-refractivity contribution is -0.142. The second kappa shape index (κ2) is 10.7. The highest BCUT2D eigenvalue weighted by Gasteiger charge is 2.31. The van der Waals surface area contributed by atoms with Crippen LogP contribution in [-0.4, -0.2) is 41.8 Å². The van der Waals surface area contributed by atoms with Crippen LogP contribution >= 0.6 is 0 Å². The Hall–Kier alpha value is -3.35. The fraction of sp³-hybridized carbons (Fsp3) is 0.444. The predicted molar refractivity (Wildman–Crippen MR) is 128 cm³/mol. The topological polar surface area (TPSA) is 105 Å². The molecule has 2 aliphatic carbocycles. The van der Waals surface area contributed by atoms with Crippen molar-refractivity contribution in [3.63, 3.8) is 0 Å². The van der Waals surface area contributed by atoms with Crippen LogP contribution in [0.5, 0.6) is 0 Å². The number of aliphatic carboxylic acids is 1. The summed E-state index contributed by atoms with van der Waals surface area (Å²) >= 11 is 0. The number of carbonyl (C=O) groups is 3. The maximum Gasteiger partial charge on any atom is 0.407 e. The van der Waals surface area contributed by atoms with E-state index in [-0.39, 0.29) is 30.4 Å². The monoisotopic (exact) mass is 464 g/mol. The highest BCUT2D eigenvalue weighted by molar-refractivity contribution is 5.85. The molecule has 1 saturated carbocycles. The number of benzene rings is 2. The Labute approximate surface area is 199 Å². The maximum atomic E-state index is 12.5. The normalized spacial score (nSPS) is 20.0. The molecule has 7 heteroatoms. The zero-order valence-corrected chi connectivity index (χ0v) is 19.5. The minimum atomic E-state index is -0.999. The molecule has 0 heterocycles. The van der Waals surface area contributed by atoms with E-state index in [0.717, 1.165) is 0 Å². The highest BCUT2D eigenvalue weighted by Crippen LogP contribution is 2.44. The molecule has 0 bridgehead atoms. The number of alkyl carbamates (subject to hydrolysis) is 1. The molecule has 0 saturated heterocycles. The first-order valence-electron chi connectivity index (χ1n) is 12.1. The molecule has 0 radical (unpaired) electrons.